The molecule has 1 saturated heterocycles. The van der Waals surface area contributed by atoms with Crippen molar-refractivity contribution in [2.24, 2.45) is 4.99 Å². The third kappa shape index (κ3) is 2.07. The van der Waals surface area contributed by atoms with Crippen molar-refractivity contribution in [2.45, 2.75) is 25.9 Å². The van der Waals surface area contributed by atoms with Gasteiger partial charge in [-0.05, 0) is 44.2 Å². The topological polar surface area (TPSA) is 70.0 Å². The van der Waals surface area contributed by atoms with E-state index in [0.29, 0.717) is 34.9 Å². The van der Waals surface area contributed by atoms with E-state index < -0.39 is 5.60 Å². The van der Waals surface area contributed by atoms with E-state index in [1.165, 1.54) is 18.3 Å². The Hall–Kier alpha value is -2.31. The van der Waals surface area contributed by atoms with E-state index in [2.05, 4.69) is 4.99 Å². The minimum Gasteiger partial charge on any atom is -0.374 e. The van der Waals surface area contributed by atoms with E-state index in [-0.39, 0.29) is 11.6 Å². The first-order valence-corrected chi connectivity index (χ1v) is 8.57. The molecule has 2 aliphatic heterocycles. The number of ketones is 2. The largest absolute Gasteiger partial charge is 0.374 e. The highest BCUT2D eigenvalue weighted by molar-refractivity contribution is 7.16. The van der Waals surface area contributed by atoms with Crippen molar-refractivity contribution in [2.75, 3.05) is 11.4 Å². The standard InChI is InChI=1S/C18H16N2O3S/c1-10-9-14-15(22)18(23)7-8-20(17(18)19-16(14)24-10)13-5-3-12(4-6-13)11(2)21/h3-6,9,23H,7-8H2,1-2H3. The number of aliphatic hydroxyl groups is 1. The summed E-state index contributed by atoms with van der Waals surface area (Å²) in [5, 5.41) is 11.6. The molecule has 1 aromatic heterocycles. The molecule has 2 aliphatic rings. The average molecular weight is 340 g/mol. The van der Waals surface area contributed by atoms with Gasteiger partial charge in [-0.3, -0.25) is 9.59 Å². The molecule has 2 aromatic rings. The van der Waals surface area contributed by atoms with Gasteiger partial charge < -0.3 is 10.0 Å². The number of nitrogens with zero attached hydrogens (tertiary/aromatic N) is 2. The van der Waals surface area contributed by atoms with E-state index in [9.17, 15) is 14.7 Å². The molecule has 1 fully saturated rings. The number of aryl methyl sites for hydroxylation is 1. The molecular weight excluding hydrogens is 324 g/mol. The summed E-state index contributed by atoms with van der Waals surface area (Å²) in [6.07, 6.45) is 0.313. The van der Waals surface area contributed by atoms with E-state index in [1.54, 1.807) is 18.2 Å². The molecule has 0 spiro atoms. The molecule has 0 aliphatic carbocycles. The minimum atomic E-state index is -1.56. The van der Waals surface area contributed by atoms with Crippen molar-refractivity contribution in [3.8, 4) is 0 Å². The minimum absolute atomic E-state index is 0.00312. The van der Waals surface area contributed by atoms with Gasteiger partial charge in [0, 0.05) is 29.1 Å². The summed E-state index contributed by atoms with van der Waals surface area (Å²) in [4.78, 5) is 31.6. The number of Topliss-reactive ketones (excluding diaryl/α,β-unsaturated/α-hetero) is 2. The zero-order valence-corrected chi connectivity index (χ0v) is 14.2. The number of rotatable bonds is 2. The van der Waals surface area contributed by atoms with Gasteiger partial charge in [-0.15, -0.1) is 11.3 Å². The molecule has 4 rings (SSSR count). The first-order valence-electron chi connectivity index (χ1n) is 7.75. The van der Waals surface area contributed by atoms with Crippen molar-refractivity contribution in [3.05, 3.63) is 46.3 Å². The monoisotopic (exact) mass is 340 g/mol. The summed E-state index contributed by atoms with van der Waals surface area (Å²) in [5.41, 5.74) is 0.405. The highest BCUT2D eigenvalue weighted by atomic mass is 32.1. The fourth-order valence-corrected chi connectivity index (χ4v) is 4.15. The van der Waals surface area contributed by atoms with Crippen LogP contribution in [0.2, 0.25) is 0 Å². The van der Waals surface area contributed by atoms with Gasteiger partial charge in [0.15, 0.2) is 17.2 Å². The molecule has 1 N–H and O–H groups in total. The Kier molecular flexibility index (Phi) is 3.23. The second-order valence-electron chi connectivity index (χ2n) is 6.21. The Morgan fingerprint density at radius 1 is 1.33 bits per heavy atom. The number of thiophene rings is 1. The Balaban J connectivity index is 1.79. The van der Waals surface area contributed by atoms with Crippen LogP contribution in [-0.4, -0.2) is 34.7 Å². The lowest BCUT2D eigenvalue weighted by atomic mass is 9.90. The predicted molar refractivity (Wildman–Crippen MR) is 93.8 cm³/mol. The first-order chi connectivity index (χ1) is 11.4. The Morgan fingerprint density at radius 3 is 2.71 bits per heavy atom. The second kappa shape index (κ2) is 5.09. The number of benzene rings is 1. The maximum Gasteiger partial charge on any atom is 0.205 e. The summed E-state index contributed by atoms with van der Waals surface area (Å²) in [7, 11) is 0. The average Bonchev–Trinajstić information content (AvgIpc) is 3.09. The van der Waals surface area contributed by atoms with Crippen LogP contribution in [0.25, 0.3) is 0 Å². The van der Waals surface area contributed by atoms with Gasteiger partial charge in [-0.25, -0.2) is 4.99 Å². The molecule has 5 nitrogen and oxygen atoms in total. The van der Waals surface area contributed by atoms with Crippen molar-refractivity contribution in [1.82, 2.24) is 0 Å². The van der Waals surface area contributed by atoms with Crippen molar-refractivity contribution < 1.29 is 14.7 Å². The second-order valence-corrected chi connectivity index (χ2v) is 7.44. The lowest BCUT2D eigenvalue weighted by Crippen LogP contribution is -2.48. The van der Waals surface area contributed by atoms with Gasteiger partial charge >= 0.3 is 0 Å². The summed E-state index contributed by atoms with van der Waals surface area (Å²) in [6, 6.07) is 8.95. The van der Waals surface area contributed by atoms with Crippen LogP contribution in [0.15, 0.2) is 35.3 Å². The van der Waals surface area contributed by atoms with Crippen LogP contribution in [0.1, 0.15) is 38.9 Å². The molecule has 3 heterocycles. The summed E-state index contributed by atoms with van der Waals surface area (Å²) in [6.45, 7) is 3.96. The van der Waals surface area contributed by atoms with Crippen LogP contribution in [0.5, 0.6) is 0 Å². The molecule has 24 heavy (non-hydrogen) atoms. The van der Waals surface area contributed by atoms with Crippen LogP contribution in [0, 0.1) is 6.92 Å². The molecule has 1 unspecified atom stereocenters. The fourth-order valence-electron chi connectivity index (χ4n) is 3.28. The maximum atomic E-state index is 12.8. The Morgan fingerprint density at radius 2 is 2.04 bits per heavy atom. The van der Waals surface area contributed by atoms with E-state index in [0.717, 1.165) is 10.6 Å². The van der Waals surface area contributed by atoms with Gasteiger partial charge in [0.2, 0.25) is 5.78 Å². The third-order valence-electron chi connectivity index (χ3n) is 4.57. The first kappa shape index (κ1) is 15.2. The fraction of sp³-hybridized carbons (Fsp3) is 0.278. The zero-order valence-electron chi connectivity index (χ0n) is 13.4. The van der Waals surface area contributed by atoms with Crippen LogP contribution >= 0.6 is 11.3 Å². The SMILES string of the molecule is CC(=O)c1ccc(N2CCC3(O)C(=O)c4cc(C)sc4N=C23)cc1. The third-order valence-corrected chi connectivity index (χ3v) is 5.52. The summed E-state index contributed by atoms with van der Waals surface area (Å²) in [5.74, 6) is 0.121. The summed E-state index contributed by atoms with van der Waals surface area (Å²) >= 11 is 1.45. The number of amidine groups is 1. The molecule has 122 valence electrons. The van der Waals surface area contributed by atoms with E-state index in [4.69, 9.17) is 0 Å². The molecule has 0 saturated carbocycles. The van der Waals surface area contributed by atoms with Crippen LogP contribution in [-0.2, 0) is 0 Å². The lowest BCUT2D eigenvalue weighted by Gasteiger charge is -2.28. The number of fused-ring (bicyclic) bond motifs is 2. The molecule has 0 amide bonds. The van der Waals surface area contributed by atoms with Crippen LogP contribution in [0.4, 0.5) is 10.7 Å². The highest BCUT2D eigenvalue weighted by Crippen LogP contribution is 2.43. The number of aliphatic imine (C=N–C) groups is 1. The molecule has 6 heteroatoms. The van der Waals surface area contributed by atoms with Crippen molar-refractivity contribution >= 4 is 39.4 Å². The Bertz CT molecular complexity index is 897. The number of carbonyl (C=O) groups is 2. The zero-order chi connectivity index (χ0) is 17.1. The van der Waals surface area contributed by atoms with Gasteiger partial charge in [0.05, 0.1) is 5.56 Å². The highest BCUT2D eigenvalue weighted by Gasteiger charge is 2.52. The van der Waals surface area contributed by atoms with Crippen molar-refractivity contribution in [3.63, 3.8) is 0 Å². The number of carbonyl (C=O) groups excluding carboxylic acids is 2. The maximum absolute atomic E-state index is 12.8. The predicted octanol–water partition coefficient (Wildman–Crippen LogP) is 3.13. The molecular formula is C18H16N2O3S. The van der Waals surface area contributed by atoms with Gasteiger partial charge in [0.25, 0.3) is 0 Å². The van der Waals surface area contributed by atoms with Gasteiger partial charge in [0.1, 0.15) is 5.00 Å². The Labute approximate surface area is 143 Å². The molecule has 0 bridgehead atoms. The molecule has 1 aromatic carbocycles. The number of anilines is 1. The van der Waals surface area contributed by atoms with Crippen LogP contribution in [0.3, 0.4) is 0 Å². The molecule has 1 atom stereocenters. The van der Waals surface area contributed by atoms with Crippen LogP contribution < -0.4 is 4.90 Å². The van der Waals surface area contributed by atoms with Crippen molar-refractivity contribution in [1.29, 1.82) is 0 Å². The quantitative estimate of drug-likeness (QED) is 0.853. The van der Waals surface area contributed by atoms with Gasteiger partial charge in [-0.2, -0.15) is 0 Å². The normalized spacial score (nSPS) is 22.2. The lowest BCUT2D eigenvalue weighted by molar-refractivity contribution is 0.0603. The van der Waals surface area contributed by atoms with Gasteiger partial charge in [-0.1, -0.05) is 0 Å². The van der Waals surface area contributed by atoms with E-state index in [1.807, 2.05) is 24.0 Å². The molecule has 0 radical (unpaired) electrons. The summed E-state index contributed by atoms with van der Waals surface area (Å²) < 4.78 is 0. The smallest absolute Gasteiger partial charge is 0.205 e. The number of hydrogen-bond donors (Lipinski definition) is 1. The van der Waals surface area contributed by atoms with E-state index >= 15 is 0 Å². The number of hydrogen-bond acceptors (Lipinski definition) is 6.